The molecule has 2 aliphatic rings. The largest absolute Gasteiger partial charge is 0.480 e. The van der Waals surface area contributed by atoms with Gasteiger partial charge in [-0.25, -0.2) is 0 Å². The van der Waals surface area contributed by atoms with Gasteiger partial charge < -0.3 is 10.0 Å². The minimum absolute atomic E-state index is 0.0406. The molecule has 22 heavy (non-hydrogen) atoms. The Bertz CT molecular complexity index is 489. The van der Waals surface area contributed by atoms with Crippen LogP contribution in [0.2, 0.25) is 0 Å². The lowest BCUT2D eigenvalue weighted by molar-refractivity contribution is -0.139. The second-order valence-electron chi connectivity index (χ2n) is 5.62. The zero-order valence-electron chi connectivity index (χ0n) is 13.2. The Morgan fingerprint density at radius 2 is 1.91 bits per heavy atom. The molecule has 0 saturated carbocycles. The van der Waals surface area contributed by atoms with Crippen molar-refractivity contribution in [1.82, 2.24) is 10.2 Å². The van der Waals surface area contributed by atoms with Crippen molar-refractivity contribution in [3.63, 3.8) is 0 Å². The van der Waals surface area contributed by atoms with Crippen LogP contribution in [-0.2, 0) is 9.59 Å². The number of nitrogens with one attached hydrogen (secondary N) is 1. The van der Waals surface area contributed by atoms with Crippen molar-refractivity contribution in [2.45, 2.75) is 70.1 Å². The number of carboxylic acid groups (broad SMARTS) is 1. The number of likely N-dealkylation sites (tertiary alicyclic amines) is 1. The van der Waals surface area contributed by atoms with Gasteiger partial charge >= 0.3 is 5.97 Å². The Hall–Kier alpha value is -1.98. The molecule has 0 spiro atoms. The van der Waals surface area contributed by atoms with E-state index in [0.29, 0.717) is 18.9 Å². The van der Waals surface area contributed by atoms with E-state index < -0.39 is 12.0 Å². The van der Waals surface area contributed by atoms with E-state index in [1.807, 2.05) is 11.8 Å². The van der Waals surface area contributed by atoms with Gasteiger partial charge in [0.2, 0.25) is 5.91 Å². The van der Waals surface area contributed by atoms with E-state index in [4.69, 9.17) is 18.0 Å². The Labute approximate surface area is 132 Å². The zero-order valence-corrected chi connectivity index (χ0v) is 13.2. The molecule has 4 atom stereocenters. The monoisotopic (exact) mass is 304 g/mol. The van der Waals surface area contributed by atoms with Gasteiger partial charge in [-0.15, -0.1) is 12.8 Å². The number of terminal acetylenes is 2. The van der Waals surface area contributed by atoms with Crippen LogP contribution >= 0.6 is 0 Å². The highest BCUT2D eigenvalue weighted by Gasteiger charge is 2.31. The molecule has 0 unspecified atom stereocenters. The van der Waals surface area contributed by atoms with E-state index in [1.54, 1.807) is 0 Å². The van der Waals surface area contributed by atoms with Gasteiger partial charge in [0.25, 0.3) is 0 Å². The smallest absolute Gasteiger partial charge is 0.320 e. The number of hydrogen-bond acceptors (Lipinski definition) is 3. The topological polar surface area (TPSA) is 69.6 Å². The van der Waals surface area contributed by atoms with Crippen LogP contribution < -0.4 is 5.32 Å². The maximum absolute atomic E-state index is 11.4. The molecular weight excluding hydrogens is 280 g/mol. The fourth-order valence-corrected chi connectivity index (χ4v) is 2.82. The van der Waals surface area contributed by atoms with Crippen molar-refractivity contribution in [2.24, 2.45) is 0 Å². The van der Waals surface area contributed by atoms with E-state index in [2.05, 4.69) is 24.1 Å². The van der Waals surface area contributed by atoms with Crippen LogP contribution in [0, 0.1) is 24.7 Å². The van der Waals surface area contributed by atoms with Gasteiger partial charge in [0.05, 0.1) is 12.1 Å². The molecular formula is C17H24N2O3. The number of rotatable bonds is 2. The Balaban J connectivity index is 0.000000224. The molecule has 2 N–H and O–H groups in total. The zero-order chi connectivity index (χ0) is 16.7. The number of aliphatic carboxylic acids is 1. The maximum atomic E-state index is 11.4. The maximum Gasteiger partial charge on any atom is 0.320 e. The SMILES string of the molecule is C#C[C@H]1CC[C@@H](C(=O)O)N1.C#C[C@H]1CC[C@@H](C)N1C(=O)CC. The second kappa shape index (κ2) is 8.46. The molecule has 0 aromatic rings. The molecule has 5 heteroatoms. The summed E-state index contributed by atoms with van der Waals surface area (Å²) >= 11 is 0. The van der Waals surface area contributed by atoms with Gasteiger partial charge in [-0.1, -0.05) is 18.8 Å². The van der Waals surface area contributed by atoms with Crippen molar-refractivity contribution in [2.75, 3.05) is 0 Å². The number of carboxylic acids is 1. The van der Waals surface area contributed by atoms with Crippen molar-refractivity contribution in [1.29, 1.82) is 0 Å². The molecule has 1 amide bonds. The molecule has 2 aliphatic heterocycles. The van der Waals surface area contributed by atoms with Crippen molar-refractivity contribution in [3.05, 3.63) is 0 Å². The summed E-state index contributed by atoms with van der Waals surface area (Å²) in [5.41, 5.74) is 0. The van der Waals surface area contributed by atoms with Gasteiger partial charge in [0, 0.05) is 12.5 Å². The Morgan fingerprint density at radius 3 is 2.32 bits per heavy atom. The highest BCUT2D eigenvalue weighted by atomic mass is 16.4. The first-order valence-electron chi connectivity index (χ1n) is 7.66. The molecule has 2 saturated heterocycles. The summed E-state index contributed by atoms with van der Waals surface area (Å²) in [5.74, 6) is 4.51. The van der Waals surface area contributed by atoms with Crippen LogP contribution in [0.3, 0.4) is 0 Å². The lowest BCUT2D eigenvalue weighted by atomic mass is 10.2. The summed E-state index contributed by atoms with van der Waals surface area (Å²) in [5, 5.41) is 11.3. The molecule has 5 nitrogen and oxygen atoms in total. The van der Waals surface area contributed by atoms with Crippen molar-refractivity contribution >= 4 is 11.9 Å². The van der Waals surface area contributed by atoms with Crippen LogP contribution in [0.5, 0.6) is 0 Å². The molecule has 2 rings (SSSR count). The van der Waals surface area contributed by atoms with E-state index in [9.17, 15) is 9.59 Å². The Morgan fingerprint density at radius 1 is 1.23 bits per heavy atom. The molecule has 120 valence electrons. The summed E-state index contributed by atoms with van der Waals surface area (Å²) in [4.78, 5) is 23.6. The molecule has 0 aromatic carbocycles. The number of nitrogens with zero attached hydrogens (tertiary/aromatic N) is 1. The molecule has 0 aromatic heterocycles. The fourth-order valence-electron chi connectivity index (χ4n) is 2.82. The molecule has 2 heterocycles. The van der Waals surface area contributed by atoms with Crippen molar-refractivity contribution in [3.8, 4) is 24.7 Å². The van der Waals surface area contributed by atoms with Gasteiger partial charge in [-0.2, -0.15) is 0 Å². The van der Waals surface area contributed by atoms with Gasteiger partial charge in [0.1, 0.15) is 6.04 Å². The summed E-state index contributed by atoms with van der Waals surface area (Å²) in [7, 11) is 0. The quantitative estimate of drug-likeness (QED) is 0.753. The lowest BCUT2D eigenvalue weighted by Gasteiger charge is -2.24. The second-order valence-corrected chi connectivity index (χ2v) is 5.62. The highest BCUT2D eigenvalue weighted by molar-refractivity contribution is 5.77. The third-order valence-electron chi connectivity index (χ3n) is 4.10. The lowest BCUT2D eigenvalue weighted by Crippen LogP contribution is -2.38. The number of hydrogen-bond donors (Lipinski definition) is 2. The van der Waals surface area contributed by atoms with Crippen LogP contribution in [0.25, 0.3) is 0 Å². The minimum atomic E-state index is -0.808. The minimum Gasteiger partial charge on any atom is -0.480 e. The molecule has 0 aliphatic carbocycles. The summed E-state index contributed by atoms with van der Waals surface area (Å²) in [6.45, 7) is 3.94. The number of carbonyl (C=O) groups is 2. The third kappa shape index (κ3) is 4.51. The number of carbonyl (C=O) groups excluding carboxylic acids is 1. The summed E-state index contributed by atoms with van der Waals surface area (Å²) in [6, 6.07) is -0.0897. The number of amides is 1. The van der Waals surface area contributed by atoms with E-state index in [1.165, 1.54) is 0 Å². The molecule has 0 bridgehead atoms. The predicted octanol–water partition coefficient (Wildman–Crippen LogP) is 1.23. The Kier molecular flexibility index (Phi) is 6.95. The normalized spacial score (nSPS) is 29.9. The average Bonchev–Trinajstić information content (AvgIpc) is 3.13. The van der Waals surface area contributed by atoms with E-state index >= 15 is 0 Å². The van der Waals surface area contributed by atoms with Gasteiger partial charge in [-0.05, 0) is 32.6 Å². The summed E-state index contributed by atoms with van der Waals surface area (Å²) in [6.07, 6.45) is 14.4. The fraction of sp³-hybridized carbons (Fsp3) is 0.647. The van der Waals surface area contributed by atoms with Gasteiger partial charge in [-0.3, -0.25) is 14.9 Å². The van der Waals surface area contributed by atoms with E-state index in [-0.39, 0.29) is 18.0 Å². The van der Waals surface area contributed by atoms with Gasteiger partial charge in [0.15, 0.2) is 0 Å². The highest BCUT2D eigenvalue weighted by Crippen LogP contribution is 2.23. The first kappa shape index (κ1) is 18.1. The van der Waals surface area contributed by atoms with Crippen LogP contribution in [-0.4, -0.2) is 46.1 Å². The van der Waals surface area contributed by atoms with Crippen LogP contribution in [0.1, 0.15) is 46.0 Å². The standard InChI is InChI=1S/C10H15NO.C7H9NO2/c1-4-9-7-6-8(3)11(9)10(12)5-2;1-2-5-3-4-6(8-5)7(9)10/h1,8-9H,5-7H2,2-3H3;1,5-6,8H,3-4H2,(H,9,10)/t8-,9+;5-,6-/m10/s1. The van der Waals surface area contributed by atoms with Crippen molar-refractivity contribution < 1.29 is 14.7 Å². The molecule has 2 fully saturated rings. The molecule has 0 radical (unpaired) electrons. The first-order valence-corrected chi connectivity index (χ1v) is 7.66. The van der Waals surface area contributed by atoms with E-state index in [0.717, 1.165) is 19.3 Å². The van der Waals surface area contributed by atoms with Crippen LogP contribution in [0.4, 0.5) is 0 Å². The average molecular weight is 304 g/mol. The van der Waals surface area contributed by atoms with Crippen LogP contribution in [0.15, 0.2) is 0 Å². The predicted molar refractivity (Wildman–Crippen MR) is 84.9 cm³/mol. The summed E-state index contributed by atoms with van der Waals surface area (Å²) < 4.78 is 0. The third-order valence-corrected chi connectivity index (χ3v) is 4.10. The first-order chi connectivity index (χ1) is 10.4.